The van der Waals surface area contributed by atoms with E-state index in [2.05, 4.69) is 11.1 Å². The van der Waals surface area contributed by atoms with E-state index < -0.39 is 0 Å². The average molecular weight is 181 g/mol. The molecule has 1 atom stereocenters. The maximum atomic E-state index is 5.28. The van der Waals surface area contributed by atoms with Gasteiger partial charge in [-0.1, -0.05) is 21.6 Å². The maximum Gasteiger partial charge on any atom is 0.0765 e. The molecule has 0 fully saturated rings. The summed E-state index contributed by atoms with van der Waals surface area (Å²) in [4.78, 5) is 5.49. The second kappa shape index (κ2) is 2.83. The number of hydrogen-bond acceptors (Lipinski definition) is 2. The van der Waals surface area contributed by atoms with Crippen molar-refractivity contribution in [1.82, 2.24) is 0 Å². The number of nitrogens with zero attached hydrogens (tertiary/aromatic N) is 1. The van der Waals surface area contributed by atoms with E-state index in [9.17, 15) is 0 Å². The van der Waals surface area contributed by atoms with Gasteiger partial charge in [-0.05, 0) is 23.3 Å². The minimum Gasteiger partial charge on any atom is -0.259 e. The second-order valence-electron chi connectivity index (χ2n) is 2.29. The molecule has 0 bridgehead atoms. The van der Waals surface area contributed by atoms with Gasteiger partial charge in [-0.3, -0.25) is 4.99 Å². The highest BCUT2D eigenvalue weighted by Gasteiger charge is 2.07. The van der Waals surface area contributed by atoms with Crippen molar-refractivity contribution in [2.45, 2.75) is 4.90 Å². The Morgan fingerprint density at radius 2 is 2.18 bits per heavy atom. The van der Waals surface area contributed by atoms with Crippen molar-refractivity contribution < 1.29 is 0 Å². The van der Waals surface area contributed by atoms with E-state index in [4.69, 9.17) is 11.2 Å². The summed E-state index contributed by atoms with van der Waals surface area (Å²) in [5.41, 5.74) is 1.05. The molecule has 0 aromatic heterocycles. The summed E-state index contributed by atoms with van der Waals surface area (Å²) in [5.74, 6) is 0.923. The summed E-state index contributed by atoms with van der Waals surface area (Å²) in [6.07, 6.45) is 1.92. The third kappa shape index (κ3) is 1.26. The lowest BCUT2D eigenvalue weighted by Crippen LogP contribution is -2.02. The van der Waals surface area contributed by atoms with Gasteiger partial charge in [0.15, 0.2) is 0 Å². The molecule has 56 valence electrons. The smallest absolute Gasteiger partial charge is 0.0765 e. The fraction of sp³-hybridized carbons (Fsp3) is 0.125. The van der Waals surface area contributed by atoms with Gasteiger partial charge in [0, 0.05) is 16.9 Å². The Balaban J connectivity index is 2.63. The van der Waals surface area contributed by atoms with Crippen LogP contribution in [0.3, 0.4) is 0 Å². The minimum atomic E-state index is -0.0311. The summed E-state index contributed by atoms with van der Waals surface area (Å²) in [6.45, 7) is 0. The molecule has 3 heteroatoms. The van der Waals surface area contributed by atoms with Crippen LogP contribution in [0.5, 0.6) is 0 Å². The van der Waals surface area contributed by atoms with Crippen molar-refractivity contribution in [2.24, 2.45) is 4.99 Å². The molecule has 0 radical (unpaired) electrons. The van der Waals surface area contributed by atoms with Gasteiger partial charge in [-0.25, -0.2) is 0 Å². The highest BCUT2D eigenvalue weighted by molar-refractivity contribution is 8.29. The highest BCUT2D eigenvalue weighted by Crippen LogP contribution is 2.24. The van der Waals surface area contributed by atoms with E-state index in [0.29, 0.717) is 0 Å². The largest absolute Gasteiger partial charge is 0.259 e. The fourth-order valence-corrected chi connectivity index (χ4v) is 2.63. The Morgan fingerprint density at radius 3 is 3.00 bits per heavy atom. The van der Waals surface area contributed by atoms with Crippen molar-refractivity contribution in [3.63, 3.8) is 0 Å². The number of rotatable bonds is 0. The molecule has 1 aliphatic rings. The average Bonchev–Trinajstić information content (AvgIpc) is 2.06. The van der Waals surface area contributed by atoms with Crippen LogP contribution in [0.25, 0.3) is 0 Å². The first-order valence-electron chi connectivity index (χ1n) is 3.38. The van der Waals surface area contributed by atoms with Crippen molar-refractivity contribution in [3.8, 4) is 0 Å². The predicted molar refractivity (Wildman–Crippen MR) is 52.5 cm³/mol. The van der Waals surface area contributed by atoms with Gasteiger partial charge in [-0.15, -0.1) is 0 Å². The van der Waals surface area contributed by atoms with Crippen molar-refractivity contribution in [3.05, 3.63) is 24.3 Å². The van der Waals surface area contributed by atoms with Crippen LogP contribution >= 0.6 is 0 Å². The van der Waals surface area contributed by atoms with E-state index in [-0.39, 0.29) is 9.45 Å². The van der Waals surface area contributed by atoms with Crippen LogP contribution in [-0.4, -0.2) is 12.0 Å². The maximum absolute atomic E-state index is 5.28. The Bertz CT molecular complexity index is 331. The summed E-state index contributed by atoms with van der Waals surface area (Å²) >= 11 is 5.28. The van der Waals surface area contributed by atoms with Gasteiger partial charge in [0.25, 0.3) is 0 Å². The van der Waals surface area contributed by atoms with Gasteiger partial charge in [-0.2, -0.15) is 0 Å². The Kier molecular flexibility index (Phi) is 1.84. The number of fused-ring (bicyclic) bond motifs is 1. The van der Waals surface area contributed by atoms with Gasteiger partial charge >= 0.3 is 0 Å². The van der Waals surface area contributed by atoms with E-state index in [0.717, 1.165) is 11.4 Å². The van der Waals surface area contributed by atoms with Crippen LogP contribution in [0, 0.1) is 0 Å². The lowest BCUT2D eigenvalue weighted by Gasteiger charge is -2.09. The topological polar surface area (TPSA) is 12.4 Å². The monoisotopic (exact) mass is 181 g/mol. The molecule has 0 N–H and O–H groups in total. The third-order valence-corrected chi connectivity index (χ3v) is 3.80. The molecule has 1 aromatic carbocycles. The van der Waals surface area contributed by atoms with Gasteiger partial charge in [0.2, 0.25) is 0 Å². The van der Waals surface area contributed by atoms with E-state index in [1.165, 1.54) is 4.90 Å². The zero-order chi connectivity index (χ0) is 7.68. The summed E-state index contributed by atoms with van der Waals surface area (Å²) < 4.78 is 0. The molecular weight excluding hydrogens is 174 g/mol. The van der Waals surface area contributed by atoms with E-state index in [1.807, 2.05) is 24.4 Å². The highest BCUT2D eigenvalue weighted by atomic mass is 32.8. The molecule has 0 amide bonds. The fourth-order valence-electron chi connectivity index (χ4n) is 1.05. The lowest BCUT2D eigenvalue weighted by molar-refractivity contribution is 1.36. The molecule has 0 saturated heterocycles. The zero-order valence-electron chi connectivity index (χ0n) is 5.86. The molecule has 0 spiro atoms. The number of para-hydroxylation sites is 1. The molecular formula is C8H7NS2. The SMILES string of the molecule is S=S1CC=Nc2ccccc21. The Labute approximate surface area is 72.8 Å². The Hall–Kier alpha value is -0.540. The molecule has 11 heavy (non-hydrogen) atoms. The van der Waals surface area contributed by atoms with Crippen LogP contribution < -0.4 is 0 Å². The van der Waals surface area contributed by atoms with Gasteiger partial charge in [0.1, 0.15) is 0 Å². The van der Waals surface area contributed by atoms with Crippen molar-refractivity contribution >= 4 is 32.5 Å². The van der Waals surface area contributed by atoms with Crippen LogP contribution in [-0.2, 0) is 20.6 Å². The van der Waals surface area contributed by atoms with Crippen LogP contribution in [0.1, 0.15) is 0 Å². The third-order valence-electron chi connectivity index (χ3n) is 1.57. The number of benzene rings is 1. The normalized spacial score (nSPS) is 21.3. The van der Waals surface area contributed by atoms with Gasteiger partial charge in [0.05, 0.1) is 5.69 Å². The standard InChI is InChI=1S/C8H7NS2/c10-11-6-5-9-7-3-1-2-4-8(7)11/h1-5H,6H2. The molecule has 0 aliphatic carbocycles. The molecule has 0 saturated carbocycles. The van der Waals surface area contributed by atoms with Crippen molar-refractivity contribution in [2.75, 3.05) is 5.75 Å². The number of hydrogen-bond donors (Lipinski definition) is 0. The molecule has 1 aromatic rings. The molecule has 1 nitrogen and oxygen atoms in total. The Morgan fingerprint density at radius 1 is 1.36 bits per heavy atom. The molecule has 2 rings (SSSR count). The van der Waals surface area contributed by atoms with Crippen LogP contribution in [0.4, 0.5) is 5.69 Å². The molecule has 1 unspecified atom stereocenters. The van der Waals surface area contributed by atoms with Crippen molar-refractivity contribution in [1.29, 1.82) is 0 Å². The predicted octanol–water partition coefficient (Wildman–Crippen LogP) is 1.84. The van der Waals surface area contributed by atoms with Crippen LogP contribution in [0.2, 0.25) is 0 Å². The first-order valence-corrected chi connectivity index (χ1v) is 5.70. The lowest BCUT2D eigenvalue weighted by atomic mass is 10.3. The minimum absolute atomic E-state index is 0.0311. The number of aliphatic imine (C=N–C) groups is 1. The quantitative estimate of drug-likeness (QED) is 0.595. The first-order chi connectivity index (χ1) is 5.38. The molecule has 1 aliphatic heterocycles. The first kappa shape index (κ1) is 7.13. The van der Waals surface area contributed by atoms with E-state index in [1.54, 1.807) is 0 Å². The molecule has 1 heterocycles. The van der Waals surface area contributed by atoms with Crippen LogP contribution in [0.15, 0.2) is 34.2 Å². The summed E-state index contributed by atoms with van der Waals surface area (Å²) in [7, 11) is -0.0311. The summed E-state index contributed by atoms with van der Waals surface area (Å²) in [6, 6.07) is 8.10. The second-order valence-corrected chi connectivity index (χ2v) is 4.96. The zero-order valence-corrected chi connectivity index (χ0v) is 7.49. The van der Waals surface area contributed by atoms with Gasteiger partial charge < -0.3 is 0 Å². The van der Waals surface area contributed by atoms with E-state index >= 15 is 0 Å². The summed E-state index contributed by atoms with van der Waals surface area (Å²) in [5, 5.41) is 0.